The Hall–Kier alpha value is -5.50. The van der Waals surface area contributed by atoms with Crippen molar-refractivity contribution in [3.8, 4) is 0 Å². The molecule has 15 heteroatoms. The van der Waals surface area contributed by atoms with Crippen molar-refractivity contribution in [1.29, 1.82) is 0 Å². The number of imidazole rings is 1. The number of carboxylic acid groups (broad SMARTS) is 1. The van der Waals surface area contributed by atoms with Gasteiger partial charge in [-0.25, -0.2) is 9.78 Å². The van der Waals surface area contributed by atoms with Crippen molar-refractivity contribution >= 4 is 70.0 Å². The van der Waals surface area contributed by atoms with Gasteiger partial charge in [0.25, 0.3) is 17.7 Å². The minimum absolute atomic E-state index is 0. The van der Waals surface area contributed by atoms with Crippen molar-refractivity contribution in [2.24, 2.45) is 21.1 Å². The number of nitrogens with two attached hydrogens (primary N) is 1. The molecule has 0 radical (unpaired) electrons. The molecule has 5 rings (SSSR count). The molecule has 5 aromatic rings. The first-order valence-electron chi connectivity index (χ1n) is 12.3. The summed E-state index contributed by atoms with van der Waals surface area (Å²) in [4.78, 5) is 55.4. The lowest BCUT2D eigenvalue weighted by Gasteiger charge is -2.13. The Kier molecular flexibility index (Phi) is 7.84. The van der Waals surface area contributed by atoms with Crippen molar-refractivity contribution in [1.82, 2.24) is 23.3 Å². The summed E-state index contributed by atoms with van der Waals surface area (Å²) in [7, 11) is 6.45. The second-order valence-corrected chi connectivity index (χ2v) is 9.53. The average molecular weight is 594 g/mol. The van der Waals surface area contributed by atoms with Crippen molar-refractivity contribution < 1.29 is 24.3 Å². The Bertz CT molecular complexity index is 1860. The highest BCUT2D eigenvalue weighted by Crippen LogP contribution is 2.25. The van der Waals surface area contributed by atoms with Crippen LogP contribution < -0.4 is 21.3 Å². The van der Waals surface area contributed by atoms with E-state index in [2.05, 4.69) is 15.6 Å². The first kappa shape index (κ1) is 29.5. The molecule has 0 saturated heterocycles. The van der Waals surface area contributed by atoms with Gasteiger partial charge in [0, 0.05) is 64.1 Å². The molecule has 3 amide bonds. The van der Waals surface area contributed by atoms with Crippen LogP contribution in [0.5, 0.6) is 0 Å². The van der Waals surface area contributed by atoms with Crippen LogP contribution in [0.4, 0.5) is 27.7 Å². The van der Waals surface area contributed by atoms with E-state index in [1.54, 1.807) is 79.2 Å². The maximum atomic E-state index is 13.4. The van der Waals surface area contributed by atoms with E-state index in [1.807, 2.05) is 0 Å². The van der Waals surface area contributed by atoms with Crippen LogP contribution in [0.1, 0.15) is 31.6 Å². The van der Waals surface area contributed by atoms with Crippen LogP contribution in [0.2, 0.25) is 0 Å². The van der Waals surface area contributed by atoms with E-state index in [9.17, 15) is 24.3 Å². The zero-order valence-electron chi connectivity index (χ0n) is 23.0. The van der Waals surface area contributed by atoms with Crippen LogP contribution in [0.3, 0.4) is 0 Å². The number of carbonyl (C=O) groups excluding carboxylic acids is 3. The Morgan fingerprint density at radius 2 is 1.48 bits per heavy atom. The Morgan fingerprint density at radius 3 is 2.10 bits per heavy atom. The van der Waals surface area contributed by atoms with Gasteiger partial charge in [0.2, 0.25) is 5.82 Å². The van der Waals surface area contributed by atoms with Crippen LogP contribution in [-0.2, 0) is 21.1 Å². The monoisotopic (exact) mass is 593 g/mol. The average Bonchev–Trinajstić information content (AvgIpc) is 3.68. The largest absolute Gasteiger partial charge is 0.465 e. The molecular weight excluding hydrogens is 566 g/mol. The SMILES string of the molecule is CN(C(=O)O)c1ccc2c(ccn2C(=O)c2cc(NC(=O)c3cc(NC(=O)c4nc(N)cn4C)cn3C)cn2C)c1.Cl. The summed E-state index contributed by atoms with van der Waals surface area (Å²) in [6, 6.07) is 9.81. The first-order valence-corrected chi connectivity index (χ1v) is 12.3. The van der Waals surface area contributed by atoms with E-state index in [-0.39, 0.29) is 35.7 Å². The minimum atomic E-state index is -1.09. The molecule has 1 aromatic carbocycles. The first-order chi connectivity index (χ1) is 19.4. The number of aromatic nitrogens is 5. The summed E-state index contributed by atoms with van der Waals surface area (Å²) in [6.45, 7) is 0. The fraction of sp³-hybridized carbons (Fsp3) is 0.148. The van der Waals surface area contributed by atoms with Crippen LogP contribution in [0.25, 0.3) is 10.9 Å². The van der Waals surface area contributed by atoms with Gasteiger partial charge in [-0.2, -0.15) is 0 Å². The Labute approximate surface area is 245 Å². The predicted octanol–water partition coefficient (Wildman–Crippen LogP) is 3.36. The third kappa shape index (κ3) is 5.42. The van der Waals surface area contributed by atoms with Crippen molar-refractivity contribution in [3.63, 3.8) is 0 Å². The third-order valence-electron chi connectivity index (χ3n) is 6.64. The van der Waals surface area contributed by atoms with Gasteiger partial charge in [-0.3, -0.25) is 23.9 Å². The molecule has 5 N–H and O–H groups in total. The van der Waals surface area contributed by atoms with Gasteiger partial charge in [0.15, 0.2) is 0 Å². The molecule has 4 heterocycles. The molecule has 0 aliphatic rings. The minimum Gasteiger partial charge on any atom is -0.465 e. The van der Waals surface area contributed by atoms with Gasteiger partial charge in [0.05, 0.1) is 16.9 Å². The van der Waals surface area contributed by atoms with Crippen molar-refractivity contribution in [3.05, 3.63) is 78.4 Å². The van der Waals surface area contributed by atoms with E-state index < -0.39 is 17.9 Å². The Morgan fingerprint density at radius 1 is 0.857 bits per heavy atom. The van der Waals surface area contributed by atoms with Crippen LogP contribution in [0.15, 0.2) is 61.2 Å². The second-order valence-electron chi connectivity index (χ2n) is 9.53. The number of amides is 3. The molecule has 0 bridgehead atoms. The van der Waals surface area contributed by atoms with Crippen molar-refractivity contribution in [2.45, 2.75) is 0 Å². The lowest BCUT2D eigenvalue weighted by molar-refractivity contribution is 0.0954. The maximum Gasteiger partial charge on any atom is 0.411 e. The molecule has 42 heavy (non-hydrogen) atoms. The number of rotatable bonds is 6. The molecule has 0 spiro atoms. The number of nitrogens with one attached hydrogen (secondary N) is 2. The van der Waals surface area contributed by atoms with Gasteiger partial charge in [0.1, 0.15) is 17.2 Å². The fourth-order valence-electron chi connectivity index (χ4n) is 4.54. The van der Waals surface area contributed by atoms with E-state index in [1.165, 1.54) is 28.4 Å². The Balaban J connectivity index is 0.00000405. The number of fused-ring (bicyclic) bond motifs is 1. The molecule has 14 nitrogen and oxygen atoms in total. The quantitative estimate of drug-likeness (QED) is 0.233. The lowest BCUT2D eigenvalue weighted by Crippen LogP contribution is -2.23. The smallest absolute Gasteiger partial charge is 0.411 e. The zero-order valence-corrected chi connectivity index (χ0v) is 23.8. The maximum absolute atomic E-state index is 13.4. The molecule has 0 aliphatic carbocycles. The topological polar surface area (TPSA) is 174 Å². The number of anilines is 4. The van der Waals surface area contributed by atoms with Gasteiger partial charge in [-0.05, 0) is 36.4 Å². The highest BCUT2D eigenvalue weighted by molar-refractivity contribution is 6.07. The number of aryl methyl sites for hydroxylation is 3. The van der Waals surface area contributed by atoms with Gasteiger partial charge >= 0.3 is 6.09 Å². The normalized spacial score (nSPS) is 10.8. The van der Waals surface area contributed by atoms with Crippen LogP contribution in [-0.4, -0.2) is 59.2 Å². The van der Waals surface area contributed by atoms with Gasteiger partial charge < -0.3 is 35.2 Å². The summed E-state index contributed by atoms with van der Waals surface area (Å²) in [5.74, 6) is -0.909. The van der Waals surface area contributed by atoms with E-state index in [0.717, 1.165) is 4.90 Å². The summed E-state index contributed by atoms with van der Waals surface area (Å²) in [6.07, 6.45) is 5.25. The molecule has 4 aromatic heterocycles. The number of hydrogen-bond acceptors (Lipinski definition) is 6. The molecule has 218 valence electrons. The predicted molar refractivity (Wildman–Crippen MR) is 160 cm³/mol. The highest BCUT2D eigenvalue weighted by Gasteiger charge is 2.20. The number of benzene rings is 1. The zero-order chi connectivity index (χ0) is 29.6. The molecular formula is C27H28ClN9O5. The summed E-state index contributed by atoms with van der Waals surface area (Å²) >= 11 is 0. The molecule has 0 aliphatic heterocycles. The highest BCUT2D eigenvalue weighted by atomic mass is 35.5. The number of nitrogen functional groups attached to an aromatic ring is 1. The molecule has 0 saturated carbocycles. The standard InChI is InChI=1S/C27H27N9O5.ClH/c1-32-12-16(30-25(38)23-31-22(28)14-34(23)3)10-20(32)24(37)29-17-11-21(33(2)13-17)26(39)36-8-7-15-9-18(5-6-19(15)36)35(4)27(40)41;/h5-14H,28H2,1-4H3,(H,29,37)(H,30,38)(H,40,41);1H. The van der Waals surface area contributed by atoms with E-state index >= 15 is 0 Å². The molecule has 0 fully saturated rings. The third-order valence-corrected chi connectivity index (χ3v) is 6.64. The summed E-state index contributed by atoms with van der Waals surface area (Å²) in [5.41, 5.74) is 8.12. The van der Waals surface area contributed by atoms with E-state index in [4.69, 9.17) is 5.73 Å². The molecule has 0 atom stereocenters. The van der Waals surface area contributed by atoms with Crippen LogP contribution in [0, 0.1) is 0 Å². The second kappa shape index (κ2) is 11.2. The van der Waals surface area contributed by atoms with E-state index in [0.29, 0.717) is 33.7 Å². The summed E-state index contributed by atoms with van der Waals surface area (Å²) in [5, 5.41) is 15.4. The molecule has 0 unspecified atom stereocenters. The summed E-state index contributed by atoms with van der Waals surface area (Å²) < 4.78 is 6.13. The fourth-order valence-corrected chi connectivity index (χ4v) is 4.54. The van der Waals surface area contributed by atoms with Gasteiger partial charge in [-0.15, -0.1) is 12.4 Å². The van der Waals surface area contributed by atoms with Crippen molar-refractivity contribution in [2.75, 3.05) is 28.3 Å². The lowest BCUT2D eigenvalue weighted by atomic mass is 10.2. The number of hydrogen-bond donors (Lipinski definition) is 4. The number of nitrogens with zero attached hydrogens (tertiary/aromatic N) is 6. The van der Waals surface area contributed by atoms with Gasteiger partial charge in [-0.1, -0.05) is 0 Å². The number of carbonyl (C=O) groups is 4. The number of halogens is 1. The van der Waals surface area contributed by atoms with Crippen LogP contribution >= 0.6 is 12.4 Å².